The van der Waals surface area contributed by atoms with Crippen LogP contribution in [0.5, 0.6) is 0 Å². The average Bonchev–Trinajstić information content (AvgIpc) is 2.45. The van der Waals surface area contributed by atoms with E-state index in [1.807, 2.05) is 11.8 Å². The fourth-order valence-corrected chi connectivity index (χ4v) is 2.69. The highest BCUT2D eigenvalue weighted by molar-refractivity contribution is 7.99. The number of carboxylic acids is 1. The van der Waals surface area contributed by atoms with Crippen molar-refractivity contribution in [3.8, 4) is 0 Å². The van der Waals surface area contributed by atoms with Crippen molar-refractivity contribution in [1.29, 1.82) is 0 Å². The minimum Gasteiger partial charge on any atom is -0.478 e. The number of rotatable bonds is 3. The van der Waals surface area contributed by atoms with Gasteiger partial charge in [-0.3, -0.25) is 9.78 Å². The van der Waals surface area contributed by atoms with Crippen molar-refractivity contribution in [2.45, 2.75) is 0 Å². The normalized spacial score (nSPS) is 15.7. The molecule has 1 aliphatic heterocycles. The summed E-state index contributed by atoms with van der Waals surface area (Å²) >= 11 is 1.84. The Bertz CT molecular complexity index is 510. The smallest absolute Gasteiger partial charge is 0.328 e. The third-order valence-electron chi connectivity index (χ3n) is 2.72. The molecular weight excluding hydrogens is 264 g/mol. The molecule has 19 heavy (non-hydrogen) atoms. The molecule has 1 amide bonds. The van der Waals surface area contributed by atoms with E-state index < -0.39 is 5.97 Å². The molecule has 100 valence electrons. The molecule has 6 heteroatoms. The van der Waals surface area contributed by atoms with Gasteiger partial charge in [-0.05, 0) is 17.7 Å². The third kappa shape index (κ3) is 3.82. The van der Waals surface area contributed by atoms with Gasteiger partial charge in [-0.2, -0.15) is 11.8 Å². The molecule has 1 aromatic heterocycles. The second kappa shape index (κ2) is 6.38. The zero-order valence-corrected chi connectivity index (χ0v) is 11.1. The van der Waals surface area contributed by atoms with Crippen LogP contribution in [0.2, 0.25) is 0 Å². The highest BCUT2D eigenvalue weighted by Crippen LogP contribution is 2.13. The van der Waals surface area contributed by atoms with Crippen molar-refractivity contribution >= 4 is 29.7 Å². The first-order valence-corrected chi connectivity index (χ1v) is 7.05. The number of hydrogen-bond donors (Lipinski definition) is 1. The number of nitrogens with zero attached hydrogens (tertiary/aromatic N) is 2. The molecule has 0 aromatic carbocycles. The summed E-state index contributed by atoms with van der Waals surface area (Å²) in [7, 11) is 0. The van der Waals surface area contributed by atoms with E-state index in [2.05, 4.69) is 4.98 Å². The predicted octanol–water partition coefficient (Wildman–Crippen LogP) is 1.37. The van der Waals surface area contributed by atoms with Gasteiger partial charge in [0.15, 0.2) is 0 Å². The molecule has 1 saturated heterocycles. The van der Waals surface area contributed by atoms with Crippen molar-refractivity contribution in [3.05, 3.63) is 35.7 Å². The van der Waals surface area contributed by atoms with Gasteiger partial charge in [-0.25, -0.2) is 4.79 Å². The molecule has 0 spiro atoms. The van der Waals surface area contributed by atoms with E-state index in [0.717, 1.165) is 30.7 Å². The highest BCUT2D eigenvalue weighted by atomic mass is 32.2. The largest absolute Gasteiger partial charge is 0.478 e. The predicted molar refractivity (Wildman–Crippen MR) is 74.1 cm³/mol. The molecule has 1 fully saturated rings. The van der Waals surface area contributed by atoms with Crippen LogP contribution in [0.3, 0.4) is 0 Å². The lowest BCUT2D eigenvalue weighted by molar-refractivity contribution is -0.131. The lowest BCUT2D eigenvalue weighted by Gasteiger charge is -2.26. The van der Waals surface area contributed by atoms with Gasteiger partial charge in [0.1, 0.15) is 0 Å². The van der Waals surface area contributed by atoms with Crippen molar-refractivity contribution in [2.24, 2.45) is 0 Å². The first-order valence-electron chi connectivity index (χ1n) is 5.90. The van der Waals surface area contributed by atoms with Crippen LogP contribution >= 0.6 is 11.8 Å². The minimum atomic E-state index is -1.02. The summed E-state index contributed by atoms with van der Waals surface area (Å²) in [4.78, 5) is 28.5. The Morgan fingerprint density at radius 2 is 2.05 bits per heavy atom. The first-order chi connectivity index (χ1) is 9.16. The van der Waals surface area contributed by atoms with E-state index in [4.69, 9.17) is 5.11 Å². The standard InChI is InChI=1S/C13H14N2O3S/c16-12(17)2-1-10-7-11(9-14-8-10)13(18)15-3-5-19-6-4-15/h1-2,7-9H,3-6H2,(H,16,17)/b2-1+. The maximum atomic E-state index is 12.2. The van der Waals surface area contributed by atoms with E-state index in [-0.39, 0.29) is 5.91 Å². The van der Waals surface area contributed by atoms with E-state index in [9.17, 15) is 9.59 Å². The molecule has 1 N–H and O–H groups in total. The van der Waals surface area contributed by atoms with Crippen LogP contribution < -0.4 is 0 Å². The van der Waals surface area contributed by atoms with Gasteiger partial charge in [0.2, 0.25) is 0 Å². The molecular formula is C13H14N2O3S. The van der Waals surface area contributed by atoms with Crippen LogP contribution in [0.25, 0.3) is 6.08 Å². The van der Waals surface area contributed by atoms with E-state index in [0.29, 0.717) is 11.1 Å². The summed E-state index contributed by atoms with van der Waals surface area (Å²) in [5.41, 5.74) is 1.11. The fraction of sp³-hybridized carbons (Fsp3) is 0.308. The van der Waals surface area contributed by atoms with Gasteiger partial charge >= 0.3 is 5.97 Å². The Morgan fingerprint density at radius 3 is 2.74 bits per heavy atom. The summed E-state index contributed by atoms with van der Waals surface area (Å²) in [6.07, 6.45) is 5.51. The first kappa shape index (κ1) is 13.6. The Kier molecular flexibility index (Phi) is 4.57. The van der Waals surface area contributed by atoms with Crippen LogP contribution in [-0.4, -0.2) is 51.5 Å². The van der Waals surface area contributed by atoms with Crippen molar-refractivity contribution < 1.29 is 14.7 Å². The molecule has 0 radical (unpaired) electrons. The Balaban J connectivity index is 2.13. The van der Waals surface area contributed by atoms with Crippen molar-refractivity contribution in [1.82, 2.24) is 9.88 Å². The van der Waals surface area contributed by atoms with Gasteiger partial charge in [0.25, 0.3) is 5.91 Å². The molecule has 5 nitrogen and oxygen atoms in total. The van der Waals surface area contributed by atoms with Gasteiger partial charge in [-0.15, -0.1) is 0 Å². The van der Waals surface area contributed by atoms with Crippen LogP contribution in [0.4, 0.5) is 0 Å². The van der Waals surface area contributed by atoms with Gasteiger partial charge in [-0.1, -0.05) is 0 Å². The molecule has 0 unspecified atom stereocenters. The van der Waals surface area contributed by atoms with Crippen LogP contribution in [0.1, 0.15) is 15.9 Å². The molecule has 1 aromatic rings. The summed E-state index contributed by atoms with van der Waals surface area (Å²) in [5, 5.41) is 8.57. The quantitative estimate of drug-likeness (QED) is 0.846. The number of thioether (sulfide) groups is 1. The highest BCUT2D eigenvalue weighted by Gasteiger charge is 2.18. The zero-order valence-electron chi connectivity index (χ0n) is 10.3. The van der Waals surface area contributed by atoms with E-state index in [1.165, 1.54) is 18.5 Å². The Morgan fingerprint density at radius 1 is 1.32 bits per heavy atom. The second-order valence-corrected chi connectivity index (χ2v) is 5.31. The molecule has 2 rings (SSSR count). The topological polar surface area (TPSA) is 70.5 Å². The second-order valence-electron chi connectivity index (χ2n) is 4.08. The molecule has 0 bridgehead atoms. The molecule has 0 aliphatic carbocycles. The lowest BCUT2D eigenvalue weighted by atomic mass is 10.1. The summed E-state index contributed by atoms with van der Waals surface area (Å²) < 4.78 is 0. The number of pyridine rings is 1. The summed E-state index contributed by atoms with van der Waals surface area (Å²) in [6.45, 7) is 1.50. The molecule has 0 saturated carbocycles. The number of carboxylic acid groups (broad SMARTS) is 1. The zero-order chi connectivity index (χ0) is 13.7. The van der Waals surface area contributed by atoms with Gasteiger partial charge in [0.05, 0.1) is 5.56 Å². The Hall–Kier alpha value is -1.82. The lowest BCUT2D eigenvalue weighted by Crippen LogP contribution is -2.37. The van der Waals surface area contributed by atoms with Crippen molar-refractivity contribution in [2.75, 3.05) is 24.6 Å². The third-order valence-corrected chi connectivity index (χ3v) is 3.67. The Labute approximate surface area is 115 Å². The monoisotopic (exact) mass is 278 g/mol. The number of carbonyl (C=O) groups is 2. The van der Waals surface area contributed by atoms with E-state index in [1.54, 1.807) is 11.0 Å². The van der Waals surface area contributed by atoms with E-state index >= 15 is 0 Å². The number of aromatic nitrogens is 1. The number of amides is 1. The molecule has 0 atom stereocenters. The number of carbonyl (C=O) groups excluding carboxylic acids is 1. The molecule has 2 heterocycles. The summed E-state index contributed by atoms with van der Waals surface area (Å²) in [6, 6.07) is 1.66. The summed E-state index contributed by atoms with van der Waals surface area (Å²) in [5.74, 6) is 0.846. The maximum absolute atomic E-state index is 12.2. The SMILES string of the molecule is O=C(O)/C=C/c1cncc(C(=O)N2CCSCC2)c1. The van der Waals surface area contributed by atoms with Crippen LogP contribution in [0.15, 0.2) is 24.5 Å². The number of aliphatic carboxylic acids is 1. The van der Waals surface area contributed by atoms with Gasteiger partial charge < -0.3 is 10.0 Å². The van der Waals surface area contributed by atoms with Gasteiger partial charge in [0, 0.05) is 43.1 Å². The fourth-order valence-electron chi connectivity index (χ4n) is 1.78. The minimum absolute atomic E-state index is 0.0432. The average molecular weight is 278 g/mol. The maximum Gasteiger partial charge on any atom is 0.328 e. The number of hydrogen-bond acceptors (Lipinski definition) is 4. The molecule has 1 aliphatic rings. The van der Waals surface area contributed by atoms with Crippen molar-refractivity contribution in [3.63, 3.8) is 0 Å². The van der Waals surface area contributed by atoms with Crippen LogP contribution in [0, 0.1) is 0 Å². The van der Waals surface area contributed by atoms with Crippen LogP contribution in [-0.2, 0) is 4.79 Å².